The number of hydrogen-bond acceptors (Lipinski definition) is 4. The summed E-state index contributed by atoms with van der Waals surface area (Å²) in [6.45, 7) is 0.00505. The molecule has 0 aliphatic heterocycles. The molecule has 0 heterocycles. The highest BCUT2D eigenvalue weighted by Gasteiger charge is 2.13. The number of primary amides is 1. The van der Waals surface area contributed by atoms with E-state index in [1.165, 1.54) is 12.1 Å². The minimum atomic E-state index is -3.33. The summed E-state index contributed by atoms with van der Waals surface area (Å²) < 4.78 is 28.9. The molecule has 0 aliphatic carbocycles. The third-order valence-electron chi connectivity index (χ3n) is 1.97. The number of halogens is 1. The number of hydrogen-bond donors (Lipinski definition) is 1. The predicted molar refractivity (Wildman–Crippen MR) is 66.3 cm³/mol. The molecule has 1 rings (SSSR count). The summed E-state index contributed by atoms with van der Waals surface area (Å²) in [5, 5.41) is 0. The highest BCUT2D eigenvalue weighted by atomic mass is 79.9. The number of benzene rings is 1. The van der Waals surface area contributed by atoms with Gasteiger partial charge in [0, 0.05) is 4.47 Å². The lowest BCUT2D eigenvalue weighted by atomic mass is 10.4. The second-order valence-electron chi connectivity index (χ2n) is 3.29. The number of nitrogens with two attached hydrogens (primary N) is 1. The smallest absolute Gasteiger partial charge is 0.404 e. The van der Waals surface area contributed by atoms with Crippen molar-refractivity contribution in [2.75, 3.05) is 12.4 Å². The van der Waals surface area contributed by atoms with Crippen LogP contribution >= 0.6 is 15.9 Å². The molecule has 7 heteroatoms. The van der Waals surface area contributed by atoms with E-state index in [1.807, 2.05) is 0 Å². The first kappa shape index (κ1) is 14.0. The van der Waals surface area contributed by atoms with Gasteiger partial charge >= 0.3 is 6.09 Å². The Morgan fingerprint density at radius 1 is 1.29 bits per heavy atom. The summed E-state index contributed by atoms with van der Waals surface area (Å²) >= 11 is 3.23. The summed E-state index contributed by atoms with van der Waals surface area (Å²) in [5.41, 5.74) is 4.75. The molecule has 0 saturated carbocycles. The first-order chi connectivity index (χ1) is 7.92. The molecule has 17 heavy (non-hydrogen) atoms. The molecule has 0 fully saturated rings. The Morgan fingerprint density at radius 2 is 1.88 bits per heavy atom. The van der Waals surface area contributed by atoms with Crippen LogP contribution in [0.25, 0.3) is 0 Å². The van der Waals surface area contributed by atoms with Crippen LogP contribution in [0.2, 0.25) is 0 Å². The Hall–Kier alpha value is -1.08. The van der Waals surface area contributed by atoms with Crippen LogP contribution in [0.3, 0.4) is 0 Å². The minimum absolute atomic E-state index is 0.00505. The van der Waals surface area contributed by atoms with Crippen molar-refractivity contribution >= 4 is 31.9 Å². The van der Waals surface area contributed by atoms with E-state index in [0.29, 0.717) is 0 Å². The van der Waals surface area contributed by atoms with E-state index in [9.17, 15) is 13.2 Å². The van der Waals surface area contributed by atoms with E-state index in [-0.39, 0.29) is 23.7 Å². The summed E-state index contributed by atoms with van der Waals surface area (Å²) in [7, 11) is -3.33. The van der Waals surface area contributed by atoms with Crippen molar-refractivity contribution in [3.8, 4) is 0 Å². The molecule has 94 valence electrons. The van der Waals surface area contributed by atoms with Gasteiger partial charge in [0.05, 0.1) is 17.3 Å². The first-order valence-corrected chi connectivity index (χ1v) is 7.27. The maximum absolute atomic E-state index is 11.8. The molecule has 0 aliphatic rings. The standard InChI is InChI=1S/C10H12BrNO4S/c11-8-2-4-9(5-3-8)17(14,15)7-1-6-16-10(12)13/h2-5H,1,6-7H2,(H2,12,13). The molecule has 0 atom stereocenters. The number of sulfone groups is 1. The molecular weight excluding hydrogens is 310 g/mol. The van der Waals surface area contributed by atoms with Crippen LogP contribution in [0.5, 0.6) is 0 Å². The third kappa shape index (κ3) is 4.74. The van der Waals surface area contributed by atoms with Crippen molar-refractivity contribution in [3.05, 3.63) is 28.7 Å². The summed E-state index contributed by atoms with van der Waals surface area (Å²) in [5.74, 6) is -0.0814. The van der Waals surface area contributed by atoms with Crippen molar-refractivity contribution in [1.82, 2.24) is 0 Å². The van der Waals surface area contributed by atoms with Gasteiger partial charge in [0.2, 0.25) is 0 Å². The van der Waals surface area contributed by atoms with Gasteiger partial charge in [-0.05, 0) is 30.7 Å². The lowest BCUT2D eigenvalue weighted by Crippen LogP contribution is -2.16. The van der Waals surface area contributed by atoms with Crippen LogP contribution in [0, 0.1) is 0 Å². The molecule has 1 aromatic rings. The molecule has 1 aromatic carbocycles. The van der Waals surface area contributed by atoms with Gasteiger partial charge < -0.3 is 10.5 Å². The molecular formula is C10H12BrNO4S. The second kappa shape index (κ2) is 6.02. The average molecular weight is 322 g/mol. The normalized spacial score (nSPS) is 11.1. The van der Waals surface area contributed by atoms with Gasteiger partial charge in [0.1, 0.15) is 0 Å². The number of amides is 1. The van der Waals surface area contributed by atoms with E-state index in [4.69, 9.17) is 5.73 Å². The molecule has 0 radical (unpaired) electrons. The SMILES string of the molecule is NC(=O)OCCCS(=O)(=O)c1ccc(Br)cc1. The number of carbonyl (C=O) groups is 1. The van der Waals surface area contributed by atoms with Crippen LogP contribution in [0.4, 0.5) is 4.79 Å². The zero-order valence-electron chi connectivity index (χ0n) is 8.93. The van der Waals surface area contributed by atoms with Crippen molar-refractivity contribution < 1.29 is 17.9 Å². The fourth-order valence-electron chi connectivity index (χ4n) is 1.18. The quantitative estimate of drug-likeness (QED) is 0.836. The second-order valence-corrected chi connectivity index (χ2v) is 6.32. The van der Waals surface area contributed by atoms with Crippen molar-refractivity contribution in [3.63, 3.8) is 0 Å². The monoisotopic (exact) mass is 321 g/mol. The van der Waals surface area contributed by atoms with Crippen molar-refractivity contribution in [1.29, 1.82) is 0 Å². The van der Waals surface area contributed by atoms with Gasteiger partial charge in [-0.25, -0.2) is 13.2 Å². The number of carbonyl (C=O) groups excluding carboxylic acids is 1. The van der Waals surface area contributed by atoms with Gasteiger partial charge in [-0.3, -0.25) is 0 Å². The molecule has 1 amide bonds. The minimum Gasteiger partial charge on any atom is -0.450 e. The maximum Gasteiger partial charge on any atom is 0.404 e. The van der Waals surface area contributed by atoms with E-state index < -0.39 is 15.9 Å². The number of rotatable bonds is 5. The molecule has 2 N–H and O–H groups in total. The Bertz CT molecular complexity index is 484. The van der Waals surface area contributed by atoms with E-state index in [2.05, 4.69) is 20.7 Å². The Balaban J connectivity index is 2.57. The van der Waals surface area contributed by atoms with Crippen molar-refractivity contribution in [2.45, 2.75) is 11.3 Å². The van der Waals surface area contributed by atoms with Crippen molar-refractivity contribution in [2.24, 2.45) is 5.73 Å². The number of ether oxygens (including phenoxy) is 1. The lowest BCUT2D eigenvalue weighted by molar-refractivity contribution is 0.157. The zero-order chi connectivity index (χ0) is 12.9. The summed E-state index contributed by atoms with van der Waals surface area (Å²) in [6, 6.07) is 6.36. The molecule has 0 bridgehead atoms. The van der Waals surface area contributed by atoms with Gasteiger partial charge in [0.15, 0.2) is 9.84 Å². The third-order valence-corrected chi connectivity index (χ3v) is 4.32. The van der Waals surface area contributed by atoms with Crippen LogP contribution in [0.15, 0.2) is 33.6 Å². The van der Waals surface area contributed by atoms with Crippen LogP contribution < -0.4 is 5.73 Å². The van der Waals surface area contributed by atoms with Crippen LogP contribution in [-0.2, 0) is 14.6 Å². The predicted octanol–water partition coefficient (Wildman–Crippen LogP) is 1.71. The highest BCUT2D eigenvalue weighted by molar-refractivity contribution is 9.10. The summed E-state index contributed by atoms with van der Waals surface area (Å²) in [4.78, 5) is 10.5. The van der Waals surface area contributed by atoms with Gasteiger partial charge in [-0.15, -0.1) is 0 Å². The Kier molecular flexibility index (Phi) is 4.95. The molecule has 5 nitrogen and oxygen atoms in total. The molecule has 0 spiro atoms. The Labute approximate surface area is 108 Å². The zero-order valence-corrected chi connectivity index (χ0v) is 11.3. The highest BCUT2D eigenvalue weighted by Crippen LogP contribution is 2.16. The van der Waals surface area contributed by atoms with E-state index in [1.54, 1.807) is 12.1 Å². The van der Waals surface area contributed by atoms with E-state index >= 15 is 0 Å². The van der Waals surface area contributed by atoms with Gasteiger partial charge in [-0.2, -0.15) is 0 Å². The fraction of sp³-hybridized carbons (Fsp3) is 0.300. The largest absolute Gasteiger partial charge is 0.450 e. The molecule has 0 saturated heterocycles. The van der Waals surface area contributed by atoms with E-state index in [0.717, 1.165) is 4.47 Å². The molecule has 0 aromatic heterocycles. The van der Waals surface area contributed by atoms with Crippen LogP contribution in [0.1, 0.15) is 6.42 Å². The van der Waals surface area contributed by atoms with Gasteiger partial charge in [0.25, 0.3) is 0 Å². The Morgan fingerprint density at radius 3 is 2.41 bits per heavy atom. The lowest BCUT2D eigenvalue weighted by Gasteiger charge is -2.04. The van der Waals surface area contributed by atoms with Crippen LogP contribution in [-0.4, -0.2) is 26.9 Å². The average Bonchev–Trinajstić information content (AvgIpc) is 2.25. The maximum atomic E-state index is 11.8. The topological polar surface area (TPSA) is 86.5 Å². The fourth-order valence-corrected chi connectivity index (χ4v) is 2.73. The van der Waals surface area contributed by atoms with Gasteiger partial charge in [-0.1, -0.05) is 15.9 Å². The first-order valence-electron chi connectivity index (χ1n) is 4.82. The summed E-state index contributed by atoms with van der Waals surface area (Å²) in [6.07, 6.45) is -0.674. The molecule has 0 unspecified atom stereocenters.